The van der Waals surface area contributed by atoms with Gasteiger partial charge in [-0.1, -0.05) is 0 Å². The minimum Gasteiger partial charge on any atom is -0.489 e. The molecule has 0 saturated carbocycles. The summed E-state index contributed by atoms with van der Waals surface area (Å²) < 4.78 is 5.60. The molecule has 14 heavy (non-hydrogen) atoms. The standard InChI is InChI=1S/C10H14N2OS/c1-5-3-7(11)10-9(8(5)12)13-4-6(2)14-10/h3,6H,4,11-12H2,1-2H3. The Bertz CT molecular complexity index is 379. The van der Waals surface area contributed by atoms with Gasteiger partial charge < -0.3 is 16.2 Å². The van der Waals surface area contributed by atoms with Crippen molar-refractivity contribution >= 4 is 23.1 Å². The number of hydrogen-bond donors (Lipinski definition) is 2. The zero-order valence-electron chi connectivity index (χ0n) is 8.33. The van der Waals surface area contributed by atoms with Crippen LogP contribution in [0.1, 0.15) is 12.5 Å². The third-order valence-electron chi connectivity index (χ3n) is 2.29. The van der Waals surface area contributed by atoms with Crippen LogP contribution in [0.5, 0.6) is 5.75 Å². The first-order chi connectivity index (χ1) is 6.59. The number of rotatable bonds is 0. The molecule has 0 fully saturated rings. The molecule has 1 aromatic carbocycles. The maximum absolute atomic E-state index is 5.92. The van der Waals surface area contributed by atoms with Gasteiger partial charge in [0, 0.05) is 10.9 Å². The molecule has 0 spiro atoms. The number of hydrogen-bond acceptors (Lipinski definition) is 4. The van der Waals surface area contributed by atoms with Gasteiger partial charge in [0.05, 0.1) is 10.6 Å². The quantitative estimate of drug-likeness (QED) is 0.643. The van der Waals surface area contributed by atoms with E-state index in [9.17, 15) is 0 Å². The summed E-state index contributed by atoms with van der Waals surface area (Å²) in [5.74, 6) is 0.769. The van der Waals surface area contributed by atoms with Crippen molar-refractivity contribution in [3.8, 4) is 5.75 Å². The monoisotopic (exact) mass is 210 g/mol. The summed E-state index contributed by atoms with van der Waals surface area (Å²) >= 11 is 1.73. The average molecular weight is 210 g/mol. The van der Waals surface area contributed by atoms with Gasteiger partial charge >= 0.3 is 0 Å². The Morgan fingerprint density at radius 2 is 2.21 bits per heavy atom. The molecule has 4 N–H and O–H groups in total. The van der Waals surface area contributed by atoms with E-state index in [1.807, 2.05) is 13.0 Å². The molecule has 0 radical (unpaired) electrons. The van der Waals surface area contributed by atoms with Crippen molar-refractivity contribution < 1.29 is 4.74 Å². The van der Waals surface area contributed by atoms with Crippen LogP contribution in [0.4, 0.5) is 11.4 Å². The second-order valence-corrected chi connectivity index (χ2v) is 5.04. The van der Waals surface area contributed by atoms with Gasteiger partial charge in [-0.15, -0.1) is 11.8 Å². The van der Waals surface area contributed by atoms with Gasteiger partial charge in [0.15, 0.2) is 5.75 Å². The summed E-state index contributed by atoms with van der Waals surface area (Å²) in [7, 11) is 0. The second kappa shape index (κ2) is 3.28. The number of fused-ring (bicyclic) bond motifs is 1. The maximum atomic E-state index is 5.92. The lowest BCUT2D eigenvalue weighted by Crippen LogP contribution is -2.18. The van der Waals surface area contributed by atoms with Gasteiger partial charge in [-0.05, 0) is 25.5 Å². The van der Waals surface area contributed by atoms with Gasteiger partial charge in [0.1, 0.15) is 6.61 Å². The van der Waals surface area contributed by atoms with Crippen LogP contribution in [0, 0.1) is 6.92 Å². The fourth-order valence-corrected chi connectivity index (χ4v) is 2.52. The fraction of sp³-hybridized carbons (Fsp3) is 0.400. The Balaban J connectivity index is 2.57. The molecule has 1 atom stereocenters. The molecule has 0 aromatic heterocycles. The Hall–Kier alpha value is -1.03. The van der Waals surface area contributed by atoms with E-state index in [-0.39, 0.29) is 0 Å². The van der Waals surface area contributed by atoms with E-state index in [0.29, 0.717) is 17.5 Å². The number of nitrogen functional groups attached to an aromatic ring is 2. The Morgan fingerprint density at radius 3 is 2.93 bits per heavy atom. The average Bonchev–Trinajstić information content (AvgIpc) is 2.14. The van der Waals surface area contributed by atoms with Gasteiger partial charge in [-0.3, -0.25) is 0 Å². The highest BCUT2D eigenvalue weighted by atomic mass is 32.2. The number of benzene rings is 1. The molecule has 0 aliphatic carbocycles. The molecular weight excluding hydrogens is 196 g/mol. The van der Waals surface area contributed by atoms with Gasteiger partial charge in [0.2, 0.25) is 0 Å². The van der Waals surface area contributed by atoms with Crippen molar-refractivity contribution in [1.82, 2.24) is 0 Å². The molecule has 3 nitrogen and oxygen atoms in total. The minimum atomic E-state index is 0.437. The number of nitrogens with two attached hydrogens (primary N) is 2. The van der Waals surface area contributed by atoms with Crippen LogP contribution < -0.4 is 16.2 Å². The van der Waals surface area contributed by atoms with E-state index in [1.165, 1.54) is 0 Å². The van der Waals surface area contributed by atoms with Gasteiger partial charge in [0.25, 0.3) is 0 Å². The van der Waals surface area contributed by atoms with Crippen molar-refractivity contribution in [3.05, 3.63) is 11.6 Å². The fourth-order valence-electron chi connectivity index (χ4n) is 1.51. The third kappa shape index (κ3) is 1.39. The summed E-state index contributed by atoms with van der Waals surface area (Å²) in [6, 6.07) is 1.91. The van der Waals surface area contributed by atoms with Crippen molar-refractivity contribution in [2.24, 2.45) is 0 Å². The normalized spacial score (nSPS) is 20.0. The molecule has 1 heterocycles. The summed E-state index contributed by atoms with van der Waals surface area (Å²) in [4.78, 5) is 0.992. The van der Waals surface area contributed by atoms with E-state index in [1.54, 1.807) is 11.8 Å². The van der Waals surface area contributed by atoms with Crippen LogP contribution in [-0.4, -0.2) is 11.9 Å². The number of aryl methyl sites for hydroxylation is 1. The zero-order valence-corrected chi connectivity index (χ0v) is 9.15. The van der Waals surface area contributed by atoms with Crippen LogP contribution in [0.3, 0.4) is 0 Å². The van der Waals surface area contributed by atoms with E-state index in [0.717, 1.165) is 21.9 Å². The predicted molar refractivity (Wildman–Crippen MR) is 60.8 cm³/mol. The highest BCUT2D eigenvalue weighted by Gasteiger charge is 2.22. The summed E-state index contributed by atoms with van der Waals surface area (Å²) in [5.41, 5.74) is 14.3. The predicted octanol–water partition coefficient (Wildman–Crippen LogP) is 2.03. The first kappa shape index (κ1) is 9.52. The molecule has 0 bridgehead atoms. The topological polar surface area (TPSA) is 61.3 Å². The Labute approximate surface area is 87.8 Å². The first-order valence-corrected chi connectivity index (χ1v) is 5.45. The Kier molecular flexibility index (Phi) is 2.23. The molecule has 1 aliphatic rings. The molecule has 4 heteroatoms. The number of ether oxygens (including phenoxy) is 1. The maximum Gasteiger partial charge on any atom is 0.158 e. The van der Waals surface area contributed by atoms with Gasteiger partial charge in [-0.2, -0.15) is 0 Å². The lowest BCUT2D eigenvalue weighted by atomic mass is 10.1. The number of thioether (sulfide) groups is 1. The largest absolute Gasteiger partial charge is 0.489 e. The summed E-state index contributed by atoms with van der Waals surface area (Å²) in [6.07, 6.45) is 0. The van der Waals surface area contributed by atoms with Crippen molar-refractivity contribution in [2.75, 3.05) is 18.1 Å². The van der Waals surface area contributed by atoms with E-state index >= 15 is 0 Å². The molecule has 2 rings (SSSR count). The smallest absolute Gasteiger partial charge is 0.158 e. The van der Waals surface area contributed by atoms with E-state index in [4.69, 9.17) is 16.2 Å². The molecule has 1 aromatic rings. The number of anilines is 2. The molecular formula is C10H14N2OS. The van der Waals surface area contributed by atoms with Crippen LogP contribution in [0.25, 0.3) is 0 Å². The summed E-state index contributed by atoms with van der Waals surface area (Å²) in [6.45, 7) is 4.76. The molecule has 0 saturated heterocycles. The highest BCUT2D eigenvalue weighted by Crippen LogP contribution is 2.45. The first-order valence-electron chi connectivity index (χ1n) is 4.57. The Morgan fingerprint density at radius 1 is 1.50 bits per heavy atom. The van der Waals surface area contributed by atoms with E-state index < -0.39 is 0 Å². The van der Waals surface area contributed by atoms with Crippen molar-refractivity contribution in [1.29, 1.82) is 0 Å². The van der Waals surface area contributed by atoms with Crippen molar-refractivity contribution in [2.45, 2.75) is 24.0 Å². The third-order valence-corrected chi connectivity index (χ3v) is 3.49. The lowest BCUT2D eigenvalue weighted by molar-refractivity contribution is 0.310. The highest BCUT2D eigenvalue weighted by molar-refractivity contribution is 8.00. The lowest BCUT2D eigenvalue weighted by Gasteiger charge is -2.25. The van der Waals surface area contributed by atoms with E-state index in [2.05, 4.69) is 6.92 Å². The van der Waals surface area contributed by atoms with Crippen LogP contribution in [0.2, 0.25) is 0 Å². The molecule has 1 unspecified atom stereocenters. The second-order valence-electron chi connectivity index (χ2n) is 3.59. The molecule has 76 valence electrons. The molecule has 1 aliphatic heterocycles. The minimum absolute atomic E-state index is 0.437. The van der Waals surface area contributed by atoms with Gasteiger partial charge in [-0.25, -0.2) is 0 Å². The van der Waals surface area contributed by atoms with Crippen molar-refractivity contribution in [3.63, 3.8) is 0 Å². The zero-order chi connectivity index (χ0) is 10.3. The van der Waals surface area contributed by atoms with Crippen LogP contribution in [0.15, 0.2) is 11.0 Å². The van der Waals surface area contributed by atoms with Crippen LogP contribution >= 0.6 is 11.8 Å². The SMILES string of the molecule is Cc1cc(N)c2c(c1N)OCC(C)S2. The summed E-state index contributed by atoms with van der Waals surface area (Å²) in [5, 5.41) is 0.437. The van der Waals surface area contributed by atoms with Crippen LogP contribution in [-0.2, 0) is 0 Å². The molecule has 0 amide bonds.